The van der Waals surface area contributed by atoms with Crippen molar-refractivity contribution in [3.8, 4) is 10.4 Å². The van der Waals surface area contributed by atoms with Crippen LogP contribution in [0.15, 0.2) is 42.5 Å². The minimum absolute atomic E-state index is 0.0203. The smallest absolute Gasteiger partial charge is 0.251 e. The van der Waals surface area contributed by atoms with E-state index in [0.29, 0.717) is 11.1 Å². The molecule has 150 valence electrons. The van der Waals surface area contributed by atoms with Gasteiger partial charge in [-0.1, -0.05) is 18.2 Å². The Labute approximate surface area is 174 Å². The van der Waals surface area contributed by atoms with E-state index in [9.17, 15) is 9.59 Å². The van der Waals surface area contributed by atoms with E-state index in [2.05, 4.69) is 28.8 Å². The predicted octanol–water partition coefficient (Wildman–Crippen LogP) is 5.10. The van der Waals surface area contributed by atoms with Crippen LogP contribution in [0.2, 0.25) is 0 Å². The third-order valence-electron chi connectivity index (χ3n) is 4.67. The van der Waals surface area contributed by atoms with Gasteiger partial charge in [-0.3, -0.25) is 9.59 Å². The number of carbonyl (C=O) groups is 2. The Morgan fingerprint density at radius 3 is 2.52 bits per heavy atom. The largest absolute Gasteiger partial charge is 0.387 e. The van der Waals surface area contributed by atoms with E-state index in [1.807, 2.05) is 39.1 Å². The fourth-order valence-electron chi connectivity index (χ4n) is 3.54. The molecule has 3 rings (SSSR count). The molecule has 1 aromatic heterocycles. The molecule has 0 bridgehead atoms. The number of benzene rings is 2. The minimum Gasteiger partial charge on any atom is -0.387 e. The molecule has 0 fully saturated rings. The summed E-state index contributed by atoms with van der Waals surface area (Å²) in [7, 11) is 1.81. The predicted molar refractivity (Wildman–Crippen MR) is 122 cm³/mol. The lowest BCUT2D eigenvalue weighted by Gasteiger charge is -2.25. The lowest BCUT2D eigenvalue weighted by Crippen LogP contribution is -2.44. The highest BCUT2D eigenvalue weighted by Crippen LogP contribution is 2.39. The summed E-state index contributed by atoms with van der Waals surface area (Å²) in [4.78, 5) is 25.5. The molecule has 5 nitrogen and oxygen atoms in total. The van der Waals surface area contributed by atoms with Crippen molar-refractivity contribution in [1.29, 1.82) is 5.41 Å². The van der Waals surface area contributed by atoms with Crippen molar-refractivity contribution in [2.45, 2.75) is 32.7 Å². The zero-order valence-corrected chi connectivity index (χ0v) is 17.9. The van der Waals surface area contributed by atoms with E-state index < -0.39 is 5.54 Å². The fourth-order valence-corrected chi connectivity index (χ4v) is 4.63. The van der Waals surface area contributed by atoms with Crippen molar-refractivity contribution < 1.29 is 9.59 Å². The zero-order chi connectivity index (χ0) is 21.2. The van der Waals surface area contributed by atoms with Crippen molar-refractivity contribution in [3.05, 3.63) is 53.6 Å². The molecule has 29 heavy (non-hydrogen) atoms. The summed E-state index contributed by atoms with van der Waals surface area (Å²) in [6, 6.07) is 13.8. The number of nitrogens with one attached hydrogen (secondary N) is 3. The Kier molecular flexibility index (Phi) is 5.84. The molecule has 0 aliphatic heterocycles. The maximum absolute atomic E-state index is 13.0. The molecule has 0 aliphatic carbocycles. The summed E-state index contributed by atoms with van der Waals surface area (Å²) in [5.74, 6) is -0.239. The number of ketones is 1. The molecule has 3 N–H and O–H groups in total. The van der Waals surface area contributed by atoms with Crippen molar-refractivity contribution in [1.82, 2.24) is 5.32 Å². The van der Waals surface area contributed by atoms with E-state index in [1.54, 1.807) is 17.4 Å². The maximum atomic E-state index is 13.0. The Hall–Kier alpha value is -2.99. The zero-order valence-electron chi connectivity index (χ0n) is 17.1. The normalized spacial score (nSPS) is 11.3. The van der Waals surface area contributed by atoms with Crippen LogP contribution < -0.4 is 10.6 Å². The monoisotopic (exact) mass is 407 g/mol. The van der Waals surface area contributed by atoms with E-state index in [-0.39, 0.29) is 18.1 Å². The second-order valence-corrected chi connectivity index (χ2v) is 8.83. The SMILES string of the molecule is CNc1c(C=N)cc(C(=O)NC(C)(C)CC(C)=O)cc1-c1cc2ccccc2s1. The molecule has 0 radical (unpaired) electrons. The number of hydrogen-bond acceptors (Lipinski definition) is 5. The number of fused-ring (bicyclic) bond motifs is 1. The average molecular weight is 408 g/mol. The van der Waals surface area contributed by atoms with Crippen LogP contribution in [-0.4, -0.2) is 30.5 Å². The van der Waals surface area contributed by atoms with Gasteiger partial charge in [0.05, 0.1) is 5.69 Å². The first-order chi connectivity index (χ1) is 13.7. The number of hydrogen-bond donors (Lipinski definition) is 3. The summed E-state index contributed by atoms with van der Waals surface area (Å²) < 4.78 is 1.17. The second kappa shape index (κ2) is 8.17. The molecule has 0 saturated heterocycles. The minimum atomic E-state index is -0.646. The summed E-state index contributed by atoms with van der Waals surface area (Å²) >= 11 is 1.65. The molecule has 1 heterocycles. The highest BCUT2D eigenvalue weighted by Gasteiger charge is 2.24. The molecule has 0 aliphatic rings. The van der Waals surface area contributed by atoms with Gasteiger partial charge in [0.1, 0.15) is 5.78 Å². The molecule has 6 heteroatoms. The van der Waals surface area contributed by atoms with Crippen LogP contribution in [0, 0.1) is 5.41 Å². The lowest BCUT2D eigenvalue weighted by atomic mass is 9.96. The number of anilines is 1. The van der Waals surface area contributed by atoms with E-state index in [4.69, 9.17) is 5.41 Å². The van der Waals surface area contributed by atoms with E-state index >= 15 is 0 Å². The number of amides is 1. The summed E-state index contributed by atoms with van der Waals surface area (Å²) in [6.45, 7) is 5.18. The topological polar surface area (TPSA) is 82.1 Å². The van der Waals surface area contributed by atoms with Crippen molar-refractivity contribution >= 4 is 45.0 Å². The van der Waals surface area contributed by atoms with Crippen LogP contribution in [0.1, 0.15) is 43.1 Å². The van der Waals surface area contributed by atoms with Crippen LogP contribution >= 0.6 is 11.3 Å². The number of Topliss-reactive ketones (excluding diaryl/α,β-unsaturated/α-hetero) is 1. The average Bonchev–Trinajstić information content (AvgIpc) is 3.09. The number of carbonyl (C=O) groups excluding carboxylic acids is 2. The van der Waals surface area contributed by atoms with Crippen LogP contribution in [-0.2, 0) is 4.79 Å². The van der Waals surface area contributed by atoms with Gasteiger partial charge in [-0.2, -0.15) is 0 Å². The highest BCUT2D eigenvalue weighted by atomic mass is 32.1. The van der Waals surface area contributed by atoms with Gasteiger partial charge in [0, 0.05) is 51.5 Å². The van der Waals surface area contributed by atoms with Crippen LogP contribution in [0.5, 0.6) is 0 Å². The summed E-state index contributed by atoms with van der Waals surface area (Å²) in [5.41, 5.74) is 2.15. The van der Waals surface area contributed by atoms with Crippen molar-refractivity contribution in [3.63, 3.8) is 0 Å². The number of thiophene rings is 1. The first-order valence-electron chi connectivity index (χ1n) is 9.41. The Bertz CT molecular complexity index is 1070. The maximum Gasteiger partial charge on any atom is 0.251 e. The lowest BCUT2D eigenvalue weighted by molar-refractivity contribution is -0.118. The van der Waals surface area contributed by atoms with E-state index in [0.717, 1.165) is 21.5 Å². The first kappa shape index (κ1) is 20.7. The van der Waals surface area contributed by atoms with Gasteiger partial charge in [-0.25, -0.2) is 0 Å². The molecule has 0 saturated carbocycles. The van der Waals surface area contributed by atoms with Gasteiger partial charge in [0.25, 0.3) is 5.91 Å². The summed E-state index contributed by atoms with van der Waals surface area (Å²) in [5, 5.41) is 15.1. The van der Waals surface area contributed by atoms with Crippen molar-refractivity contribution in [2.75, 3.05) is 12.4 Å². The first-order valence-corrected chi connectivity index (χ1v) is 10.2. The summed E-state index contributed by atoms with van der Waals surface area (Å²) in [6.07, 6.45) is 1.51. The molecule has 0 atom stereocenters. The molecular weight excluding hydrogens is 382 g/mol. The Morgan fingerprint density at radius 2 is 1.90 bits per heavy atom. The molecule has 3 aromatic rings. The van der Waals surface area contributed by atoms with Gasteiger partial charge >= 0.3 is 0 Å². The third kappa shape index (κ3) is 4.54. The fraction of sp³-hybridized carbons (Fsp3) is 0.261. The molecule has 0 spiro atoms. The van der Waals surface area contributed by atoms with E-state index in [1.165, 1.54) is 17.8 Å². The van der Waals surface area contributed by atoms with Gasteiger partial charge in [0.2, 0.25) is 0 Å². The van der Waals surface area contributed by atoms with Gasteiger partial charge < -0.3 is 16.0 Å². The Morgan fingerprint density at radius 1 is 1.17 bits per heavy atom. The second-order valence-electron chi connectivity index (χ2n) is 7.75. The van der Waals surface area contributed by atoms with Crippen molar-refractivity contribution in [2.24, 2.45) is 0 Å². The standard InChI is InChI=1S/C23H25N3O2S/c1-14(27)12-23(2,3)26-22(28)16-9-17(13-24)21(25-4)18(10-16)20-11-15-7-5-6-8-19(15)29-20/h5-11,13,24-25H,12H2,1-4H3,(H,26,28). The quantitative estimate of drug-likeness (QED) is 0.477. The number of rotatable bonds is 7. The molecule has 2 aromatic carbocycles. The van der Waals surface area contributed by atoms with Gasteiger partial charge in [-0.15, -0.1) is 11.3 Å². The van der Waals surface area contributed by atoms with Gasteiger partial charge in [-0.05, 0) is 50.4 Å². The van der Waals surface area contributed by atoms with Crippen LogP contribution in [0.25, 0.3) is 20.5 Å². The highest BCUT2D eigenvalue weighted by molar-refractivity contribution is 7.22. The molecule has 1 amide bonds. The van der Waals surface area contributed by atoms with Crippen LogP contribution in [0.4, 0.5) is 5.69 Å². The molecular formula is C23H25N3O2S. The Balaban J connectivity index is 2.08. The van der Waals surface area contributed by atoms with Gasteiger partial charge in [0.15, 0.2) is 0 Å². The third-order valence-corrected chi connectivity index (χ3v) is 5.82. The molecule has 0 unspecified atom stereocenters. The van der Waals surface area contributed by atoms with Crippen LogP contribution in [0.3, 0.4) is 0 Å².